The second-order valence-electron chi connectivity index (χ2n) is 18.4. The Kier molecular flexibility index (Phi) is 8.90. The number of hydrogen-bond donors (Lipinski definition) is 0. The summed E-state index contributed by atoms with van der Waals surface area (Å²) in [6.45, 7) is 10.9. The third kappa shape index (κ3) is 5.52. The topological polar surface area (TPSA) is 36.1 Å². The fraction of sp³-hybridized carbons (Fsp3) is 0.186. The average Bonchev–Trinajstić information content (AvgIpc) is 4.07. The molecule has 0 spiro atoms. The molecule has 2 atom stereocenters. The van der Waals surface area contributed by atoms with Crippen LogP contribution in [0.2, 0.25) is 0 Å². The number of furan rings is 2. The van der Waals surface area contributed by atoms with Crippen molar-refractivity contribution in [2.24, 2.45) is 11.8 Å². The summed E-state index contributed by atoms with van der Waals surface area (Å²) in [4.78, 5) is 0. The third-order valence-corrected chi connectivity index (χ3v) is 14.2. The zero-order chi connectivity index (χ0) is 44.3. The van der Waals surface area contributed by atoms with Gasteiger partial charge in [-0.1, -0.05) is 125 Å². The minimum Gasteiger partial charge on any atom is -0.456 e. The molecule has 0 N–H and O–H groups in total. The molecule has 0 saturated carbocycles. The number of benzene rings is 7. The minimum atomic E-state index is -1.46. The molecule has 0 fully saturated rings. The van der Waals surface area contributed by atoms with E-state index in [1.54, 1.807) is 12.1 Å². The second-order valence-corrected chi connectivity index (χ2v) is 18.4. The first kappa shape index (κ1) is 39.4. The number of hydrogen-bond acceptors (Lipinski definition) is 2. The zero-order valence-electron chi connectivity index (χ0n) is 37.1. The second kappa shape index (κ2) is 14.7. The molecule has 65 heavy (non-hydrogen) atoms. The molecular weight excluding hydrogens is 807 g/mol. The SMILES string of the molecule is C/C=C\CC(F)C1(n2c3ccccc3c3ccc4oc5ccccc5c4c32)CC(C(C)C)=C(n2c3ccccc3c3ccc4oc5ccccc5c4c32)C(C(C)C)=C1c1cccc(F)c1. The highest BCUT2D eigenvalue weighted by molar-refractivity contribution is 6.26. The Labute approximate surface area is 375 Å². The van der Waals surface area contributed by atoms with Gasteiger partial charge < -0.3 is 18.0 Å². The summed E-state index contributed by atoms with van der Waals surface area (Å²) in [5.41, 5.74) is 10.2. The van der Waals surface area contributed by atoms with Gasteiger partial charge in [0.1, 0.15) is 39.9 Å². The Morgan fingerprint density at radius 3 is 1.78 bits per heavy atom. The molecule has 0 radical (unpaired) electrons. The maximum Gasteiger partial charge on any atom is 0.137 e. The Balaban J connectivity index is 1.33. The first-order valence-electron chi connectivity index (χ1n) is 22.9. The highest BCUT2D eigenvalue weighted by Crippen LogP contribution is 2.59. The van der Waals surface area contributed by atoms with Gasteiger partial charge in [-0.05, 0) is 108 Å². The number of allylic oxidation sites excluding steroid dienone is 6. The van der Waals surface area contributed by atoms with Crippen LogP contribution in [0.3, 0.4) is 0 Å². The molecule has 0 amide bonds. The normalized spacial score (nSPS) is 16.9. The van der Waals surface area contributed by atoms with Crippen LogP contribution in [0.4, 0.5) is 8.78 Å². The molecule has 12 rings (SSSR count). The third-order valence-electron chi connectivity index (χ3n) is 14.2. The van der Waals surface area contributed by atoms with Crippen molar-refractivity contribution in [3.63, 3.8) is 0 Å². The van der Waals surface area contributed by atoms with E-state index < -0.39 is 11.7 Å². The summed E-state index contributed by atoms with van der Waals surface area (Å²) < 4.78 is 53.5. The number of fused-ring (bicyclic) bond motifs is 14. The van der Waals surface area contributed by atoms with E-state index in [2.05, 4.69) is 128 Å². The molecule has 4 heterocycles. The fourth-order valence-electron chi connectivity index (χ4n) is 11.6. The van der Waals surface area contributed by atoms with Gasteiger partial charge in [-0.25, -0.2) is 8.78 Å². The highest BCUT2D eigenvalue weighted by Gasteiger charge is 2.52. The van der Waals surface area contributed by atoms with Crippen LogP contribution in [0, 0.1) is 17.7 Å². The highest BCUT2D eigenvalue weighted by atomic mass is 19.1. The molecule has 7 aromatic carbocycles. The van der Waals surface area contributed by atoms with Crippen LogP contribution in [0.25, 0.3) is 98.8 Å². The summed E-state index contributed by atoms with van der Waals surface area (Å²) in [5.74, 6) is -0.546. The van der Waals surface area contributed by atoms with Crippen LogP contribution in [0.1, 0.15) is 53.0 Å². The van der Waals surface area contributed by atoms with Gasteiger partial charge in [0.15, 0.2) is 0 Å². The molecule has 1 aliphatic carbocycles. The van der Waals surface area contributed by atoms with E-state index in [4.69, 9.17) is 8.83 Å². The molecule has 0 aliphatic heterocycles. The van der Waals surface area contributed by atoms with Crippen molar-refractivity contribution in [2.45, 2.75) is 59.2 Å². The lowest BCUT2D eigenvalue weighted by molar-refractivity contribution is 0.173. The first-order chi connectivity index (χ1) is 31.7. The van der Waals surface area contributed by atoms with Gasteiger partial charge >= 0.3 is 0 Å². The largest absolute Gasteiger partial charge is 0.456 e. The molecule has 0 bridgehead atoms. The molecule has 320 valence electrons. The van der Waals surface area contributed by atoms with Crippen molar-refractivity contribution in [3.8, 4) is 0 Å². The smallest absolute Gasteiger partial charge is 0.137 e. The van der Waals surface area contributed by atoms with E-state index in [0.29, 0.717) is 12.0 Å². The molecule has 4 nitrogen and oxygen atoms in total. The number of para-hydroxylation sites is 4. The standard InChI is InChI=1S/C59H48F2N2O2/c1-6-7-27-51(61)59(63-46-24-13-9-20-39(46)41-29-31-50-54(58(41)63)43-22-11-15-26-48(43)65-50)33-44(34(2)3)57(52(35(4)5)55(59)36-17-16-18-37(60)32-36)62-45-23-12-8-19-38(45)40-28-30-49-53(56(40)62)42-21-10-14-25-47(42)64-49/h6-26,28-32,34-35,51H,27,33H2,1-5H3/b7-6-. The zero-order valence-corrected chi connectivity index (χ0v) is 37.1. The summed E-state index contributed by atoms with van der Waals surface area (Å²) in [5, 5.41) is 8.23. The van der Waals surface area contributed by atoms with Gasteiger partial charge in [-0.15, -0.1) is 0 Å². The number of aromatic nitrogens is 2. The van der Waals surface area contributed by atoms with Crippen LogP contribution < -0.4 is 0 Å². The lowest BCUT2D eigenvalue weighted by Crippen LogP contribution is -2.47. The first-order valence-corrected chi connectivity index (χ1v) is 22.9. The molecule has 2 unspecified atom stereocenters. The molecule has 1 aliphatic rings. The van der Waals surface area contributed by atoms with E-state index in [-0.39, 0.29) is 24.1 Å². The summed E-state index contributed by atoms with van der Waals surface area (Å²) >= 11 is 0. The maximum atomic E-state index is 19.4. The molecular formula is C59H48F2N2O2. The maximum absolute atomic E-state index is 19.4. The monoisotopic (exact) mass is 854 g/mol. The van der Waals surface area contributed by atoms with Gasteiger partial charge in [-0.3, -0.25) is 0 Å². The molecule has 11 aromatic rings. The summed E-state index contributed by atoms with van der Waals surface area (Å²) in [7, 11) is 0. The quantitative estimate of drug-likeness (QED) is 0.143. The summed E-state index contributed by atoms with van der Waals surface area (Å²) in [6.07, 6.45) is 2.89. The van der Waals surface area contributed by atoms with Gasteiger partial charge in [-0.2, -0.15) is 0 Å². The van der Waals surface area contributed by atoms with Gasteiger partial charge in [0.2, 0.25) is 0 Å². The van der Waals surface area contributed by atoms with Gasteiger partial charge in [0.05, 0.1) is 32.8 Å². The predicted octanol–water partition coefficient (Wildman–Crippen LogP) is 16.9. The summed E-state index contributed by atoms with van der Waals surface area (Å²) in [6, 6.07) is 48.7. The Hall–Kier alpha value is -7.18. The molecule has 6 heteroatoms. The predicted molar refractivity (Wildman–Crippen MR) is 267 cm³/mol. The number of rotatable bonds is 8. The van der Waals surface area contributed by atoms with Crippen molar-refractivity contribution < 1.29 is 17.6 Å². The number of nitrogens with zero attached hydrogens (tertiary/aromatic N) is 2. The van der Waals surface area contributed by atoms with Gasteiger partial charge in [0, 0.05) is 44.4 Å². The Bertz CT molecular complexity index is 3850. The Morgan fingerprint density at radius 2 is 1.17 bits per heavy atom. The van der Waals surface area contributed by atoms with E-state index in [1.165, 1.54) is 6.07 Å². The number of alkyl halides is 1. The molecule has 4 aromatic heterocycles. The van der Waals surface area contributed by atoms with Gasteiger partial charge in [0.25, 0.3) is 0 Å². The minimum absolute atomic E-state index is 0.0273. The lowest BCUT2D eigenvalue weighted by atomic mass is 9.65. The van der Waals surface area contributed by atoms with Crippen LogP contribution in [0.5, 0.6) is 0 Å². The fourth-order valence-corrected chi connectivity index (χ4v) is 11.6. The number of halogens is 2. The molecule has 0 saturated heterocycles. The van der Waals surface area contributed by atoms with Crippen molar-refractivity contribution in [2.75, 3.05) is 0 Å². The van der Waals surface area contributed by atoms with E-state index in [1.807, 2.05) is 55.5 Å². The van der Waals surface area contributed by atoms with E-state index in [0.717, 1.165) is 110 Å². The lowest BCUT2D eigenvalue weighted by Gasteiger charge is -2.48. The van der Waals surface area contributed by atoms with Crippen molar-refractivity contribution in [1.29, 1.82) is 0 Å². The van der Waals surface area contributed by atoms with Crippen molar-refractivity contribution >= 4 is 98.8 Å². The van der Waals surface area contributed by atoms with Crippen LogP contribution in [0.15, 0.2) is 178 Å². The van der Waals surface area contributed by atoms with Crippen LogP contribution in [-0.4, -0.2) is 15.3 Å². The average molecular weight is 855 g/mol. The van der Waals surface area contributed by atoms with E-state index in [9.17, 15) is 0 Å². The van der Waals surface area contributed by atoms with Crippen LogP contribution >= 0.6 is 0 Å². The van der Waals surface area contributed by atoms with Crippen LogP contribution in [-0.2, 0) is 5.54 Å². The van der Waals surface area contributed by atoms with Crippen molar-refractivity contribution in [3.05, 3.63) is 180 Å². The van der Waals surface area contributed by atoms with E-state index >= 15 is 8.78 Å². The Morgan fingerprint density at radius 1 is 0.600 bits per heavy atom. The van der Waals surface area contributed by atoms with Crippen molar-refractivity contribution in [1.82, 2.24) is 9.13 Å².